The molecule has 98 valence electrons. The fourth-order valence-corrected chi connectivity index (χ4v) is 2.05. The molecule has 0 N–H and O–H groups in total. The van der Waals surface area contributed by atoms with Crippen molar-refractivity contribution in [3.63, 3.8) is 0 Å². The Morgan fingerprint density at radius 2 is 1.85 bits per heavy atom. The van der Waals surface area contributed by atoms with Gasteiger partial charge in [-0.3, -0.25) is 9.78 Å². The average molecular weight is 269 g/mol. The quantitative estimate of drug-likeness (QED) is 0.663. The Bertz CT molecular complexity index is 814. The van der Waals surface area contributed by atoms with Crippen molar-refractivity contribution in [2.75, 3.05) is 0 Å². The summed E-state index contributed by atoms with van der Waals surface area (Å²) in [6.07, 6.45) is 1.65. The first-order chi connectivity index (χ1) is 9.66. The molecule has 0 radical (unpaired) electrons. The summed E-state index contributed by atoms with van der Waals surface area (Å²) in [5, 5.41) is 0.773. The Morgan fingerprint density at radius 3 is 2.70 bits per heavy atom. The van der Waals surface area contributed by atoms with E-state index < -0.39 is 17.4 Å². The zero-order valence-corrected chi connectivity index (χ0v) is 10.3. The zero-order chi connectivity index (χ0) is 14.1. The van der Waals surface area contributed by atoms with Gasteiger partial charge in [-0.15, -0.1) is 0 Å². The predicted molar refractivity (Wildman–Crippen MR) is 71.5 cm³/mol. The molecule has 0 fully saturated rings. The van der Waals surface area contributed by atoms with Gasteiger partial charge in [0.2, 0.25) is 0 Å². The maximum atomic E-state index is 13.6. The molecule has 0 amide bonds. The van der Waals surface area contributed by atoms with E-state index in [0.717, 1.165) is 17.0 Å². The summed E-state index contributed by atoms with van der Waals surface area (Å²) in [6.45, 7) is 0. The lowest BCUT2D eigenvalue weighted by Gasteiger charge is -2.04. The average Bonchev–Trinajstić information content (AvgIpc) is 2.49. The number of fused-ring (bicyclic) bond motifs is 1. The minimum atomic E-state index is -1.12. The summed E-state index contributed by atoms with van der Waals surface area (Å²) in [5.74, 6) is -2.70. The van der Waals surface area contributed by atoms with Crippen molar-refractivity contribution in [1.29, 1.82) is 0 Å². The third kappa shape index (κ3) is 2.05. The number of aromatic nitrogens is 1. The Kier molecular flexibility index (Phi) is 2.99. The van der Waals surface area contributed by atoms with Gasteiger partial charge < -0.3 is 0 Å². The van der Waals surface area contributed by atoms with Crippen molar-refractivity contribution in [1.82, 2.24) is 4.98 Å². The number of hydrogen-bond donors (Lipinski definition) is 0. The summed E-state index contributed by atoms with van der Waals surface area (Å²) < 4.78 is 26.8. The van der Waals surface area contributed by atoms with Gasteiger partial charge in [-0.1, -0.05) is 12.1 Å². The third-order valence-electron chi connectivity index (χ3n) is 3.06. The van der Waals surface area contributed by atoms with Gasteiger partial charge in [-0.25, -0.2) is 8.78 Å². The van der Waals surface area contributed by atoms with Crippen LogP contribution in [0, 0.1) is 11.6 Å². The van der Waals surface area contributed by atoms with Crippen LogP contribution >= 0.6 is 0 Å². The lowest BCUT2D eigenvalue weighted by atomic mass is 10.0. The molecule has 20 heavy (non-hydrogen) atoms. The number of carbonyl (C=O) groups excluding carboxylic acids is 1. The van der Waals surface area contributed by atoms with Crippen LogP contribution in [0.5, 0.6) is 0 Å². The summed E-state index contributed by atoms with van der Waals surface area (Å²) >= 11 is 0. The van der Waals surface area contributed by atoms with E-state index in [2.05, 4.69) is 4.98 Å². The topological polar surface area (TPSA) is 30.0 Å². The van der Waals surface area contributed by atoms with Gasteiger partial charge in [0.15, 0.2) is 17.4 Å². The van der Waals surface area contributed by atoms with E-state index >= 15 is 0 Å². The lowest BCUT2D eigenvalue weighted by Crippen LogP contribution is -2.05. The van der Waals surface area contributed by atoms with E-state index in [-0.39, 0.29) is 5.56 Å². The Balaban J connectivity index is 2.10. The maximum Gasteiger partial charge on any atom is 0.196 e. The van der Waals surface area contributed by atoms with E-state index in [1.54, 1.807) is 36.5 Å². The van der Waals surface area contributed by atoms with Crippen molar-refractivity contribution in [2.45, 2.75) is 0 Å². The van der Waals surface area contributed by atoms with Crippen molar-refractivity contribution < 1.29 is 13.6 Å². The van der Waals surface area contributed by atoms with Gasteiger partial charge in [0.05, 0.1) is 11.1 Å². The summed E-state index contributed by atoms with van der Waals surface area (Å²) in [7, 11) is 0. The highest BCUT2D eigenvalue weighted by Crippen LogP contribution is 2.19. The van der Waals surface area contributed by atoms with Gasteiger partial charge in [0.25, 0.3) is 0 Å². The largest absolute Gasteiger partial charge is 0.288 e. The molecule has 2 aromatic carbocycles. The van der Waals surface area contributed by atoms with E-state index in [1.165, 1.54) is 12.1 Å². The first kappa shape index (κ1) is 12.4. The molecule has 3 aromatic rings. The SMILES string of the molecule is O=C(c1ccc2ncccc2c1)c1cccc(F)c1F. The smallest absolute Gasteiger partial charge is 0.196 e. The van der Waals surface area contributed by atoms with Crippen LogP contribution in [0.4, 0.5) is 8.78 Å². The molecule has 0 spiro atoms. The van der Waals surface area contributed by atoms with Crippen LogP contribution in [0.1, 0.15) is 15.9 Å². The third-order valence-corrected chi connectivity index (χ3v) is 3.06. The maximum absolute atomic E-state index is 13.6. The van der Waals surface area contributed by atoms with Gasteiger partial charge in [-0.05, 0) is 36.4 Å². The molecular weight excluding hydrogens is 260 g/mol. The van der Waals surface area contributed by atoms with E-state index in [1.807, 2.05) is 0 Å². The highest BCUT2D eigenvalue weighted by Gasteiger charge is 2.17. The summed E-state index contributed by atoms with van der Waals surface area (Å²) in [5.41, 5.74) is 0.770. The Hall–Kier alpha value is -2.62. The van der Waals surface area contributed by atoms with E-state index in [4.69, 9.17) is 0 Å². The van der Waals surface area contributed by atoms with Crippen molar-refractivity contribution >= 4 is 16.7 Å². The molecule has 0 aliphatic heterocycles. The van der Waals surface area contributed by atoms with Crippen LogP contribution in [0.25, 0.3) is 10.9 Å². The zero-order valence-electron chi connectivity index (χ0n) is 10.3. The number of halogens is 2. The molecule has 0 bridgehead atoms. The fourth-order valence-electron chi connectivity index (χ4n) is 2.05. The van der Waals surface area contributed by atoms with Crippen LogP contribution in [-0.4, -0.2) is 10.8 Å². The molecule has 3 rings (SSSR count). The number of ketones is 1. The molecule has 2 nitrogen and oxygen atoms in total. The summed E-state index contributed by atoms with van der Waals surface area (Å²) in [4.78, 5) is 16.4. The fraction of sp³-hybridized carbons (Fsp3) is 0. The number of carbonyl (C=O) groups is 1. The van der Waals surface area contributed by atoms with Crippen LogP contribution in [0.15, 0.2) is 54.7 Å². The molecule has 1 aromatic heterocycles. The second-order valence-corrected chi connectivity index (χ2v) is 4.34. The van der Waals surface area contributed by atoms with Gasteiger partial charge in [0.1, 0.15) is 0 Å². The van der Waals surface area contributed by atoms with Crippen LogP contribution in [0.2, 0.25) is 0 Å². The van der Waals surface area contributed by atoms with Gasteiger partial charge in [0, 0.05) is 17.1 Å². The second kappa shape index (κ2) is 4.81. The predicted octanol–water partition coefficient (Wildman–Crippen LogP) is 3.74. The van der Waals surface area contributed by atoms with Crippen molar-refractivity contribution in [3.05, 3.63) is 77.5 Å². The second-order valence-electron chi connectivity index (χ2n) is 4.34. The lowest BCUT2D eigenvalue weighted by molar-refractivity contribution is 0.103. The number of hydrogen-bond acceptors (Lipinski definition) is 2. The Labute approximate surface area is 113 Å². The monoisotopic (exact) mass is 269 g/mol. The standard InChI is InChI=1S/C16H9F2NO/c17-13-5-1-4-12(15(13)18)16(20)11-6-7-14-10(9-11)3-2-8-19-14/h1-9H. The molecule has 4 heteroatoms. The molecule has 0 unspecified atom stereocenters. The van der Waals surface area contributed by atoms with Gasteiger partial charge in [-0.2, -0.15) is 0 Å². The molecule has 0 aliphatic carbocycles. The first-order valence-corrected chi connectivity index (χ1v) is 6.00. The van der Waals surface area contributed by atoms with E-state index in [9.17, 15) is 13.6 Å². The van der Waals surface area contributed by atoms with E-state index in [0.29, 0.717) is 5.56 Å². The summed E-state index contributed by atoms with van der Waals surface area (Å²) in [6, 6.07) is 12.0. The number of rotatable bonds is 2. The molecule has 0 atom stereocenters. The molecule has 0 saturated carbocycles. The van der Waals surface area contributed by atoms with Crippen molar-refractivity contribution in [2.24, 2.45) is 0 Å². The number of benzene rings is 2. The molecule has 0 aliphatic rings. The number of pyridine rings is 1. The van der Waals surface area contributed by atoms with Crippen LogP contribution in [0.3, 0.4) is 0 Å². The molecule has 1 heterocycles. The number of nitrogens with zero attached hydrogens (tertiary/aromatic N) is 1. The van der Waals surface area contributed by atoms with Crippen LogP contribution < -0.4 is 0 Å². The van der Waals surface area contributed by atoms with Crippen LogP contribution in [-0.2, 0) is 0 Å². The van der Waals surface area contributed by atoms with Crippen molar-refractivity contribution in [3.8, 4) is 0 Å². The first-order valence-electron chi connectivity index (χ1n) is 6.00. The minimum absolute atomic E-state index is 0.270. The Morgan fingerprint density at radius 1 is 1.00 bits per heavy atom. The molecule has 0 saturated heterocycles. The normalized spacial score (nSPS) is 10.7. The van der Waals surface area contributed by atoms with Gasteiger partial charge >= 0.3 is 0 Å². The minimum Gasteiger partial charge on any atom is -0.288 e. The highest BCUT2D eigenvalue weighted by molar-refractivity contribution is 6.10. The highest BCUT2D eigenvalue weighted by atomic mass is 19.2. The molecular formula is C16H9F2NO.